The normalized spacial score (nSPS) is 16.0. The quantitative estimate of drug-likeness (QED) is 0.135. The number of aromatic nitrogens is 1. The number of anilines is 1. The minimum Gasteiger partial charge on any atom is -0.356 e. The molecule has 2 fully saturated rings. The zero-order valence-corrected chi connectivity index (χ0v) is 32.6. The fourth-order valence-corrected chi connectivity index (χ4v) is 6.70. The number of rotatable bonds is 13. The standard InChI is InChI=1S/C44H50FN5O2.C3H6/c1-5-9-13-33(7-3)35-15-11-16-36(29-35)43(51)47-38-23-27-50(28-24-38)41-20-19-32(30-46-41)31-49-25-21-37(22-26-49)48-44(52)40-18-12-17-39(42(40)45)34(8-4)14-10-6-2;1-3-2/h5-20,29-30,37-38H,3-4,21-28,31H2,1-2H3,(H,47,51)(H,48,52);3H,1H2,2H3/b9-5-,10-6-,33-13+,34-14+;. The number of likely N-dealkylation sites (tertiary alicyclic amines) is 1. The summed E-state index contributed by atoms with van der Waals surface area (Å²) in [6.07, 6.45) is 21.8. The van der Waals surface area contributed by atoms with Crippen LogP contribution in [0.25, 0.3) is 11.1 Å². The Labute approximate surface area is 327 Å². The second kappa shape index (κ2) is 21.9. The van der Waals surface area contributed by atoms with E-state index in [9.17, 15) is 9.59 Å². The molecule has 0 atom stereocenters. The number of amides is 2. The molecule has 2 saturated heterocycles. The minimum absolute atomic E-state index is 0.0156. The third-order valence-corrected chi connectivity index (χ3v) is 9.68. The van der Waals surface area contributed by atoms with E-state index in [2.05, 4.69) is 52.3 Å². The van der Waals surface area contributed by atoms with E-state index in [0.717, 1.165) is 80.9 Å². The third kappa shape index (κ3) is 12.2. The van der Waals surface area contributed by atoms with Crippen LogP contribution in [0.1, 0.15) is 83.9 Å². The highest BCUT2D eigenvalue weighted by Gasteiger charge is 2.25. The number of hydrogen-bond donors (Lipinski definition) is 2. The molecule has 288 valence electrons. The van der Waals surface area contributed by atoms with Crippen molar-refractivity contribution in [2.24, 2.45) is 0 Å². The molecule has 55 heavy (non-hydrogen) atoms. The molecule has 2 aliphatic heterocycles. The number of carbonyl (C=O) groups is 2. The molecular weight excluding hydrogens is 686 g/mol. The lowest BCUT2D eigenvalue weighted by Gasteiger charge is -2.34. The van der Waals surface area contributed by atoms with Crippen molar-refractivity contribution in [1.82, 2.24) is 20.5 Å². The Balaban J connectivity index is 0.00000217. The number of nitrogens with zero attached hydrogens (tertiary/aromatic N) is 3. The Kier molecular flexibility index (Phi) is 16.8. The summed E-state index contributed by atoms with van der Waals surface area (Å²) in [5, 5.41) is 6.28. The number of carbonyl (C=O) groups excluding carboxylic acids is 2. The lowest BCUT2D eigenvalue weighted by molar-refractivity contribution is 0.0902. The number of halogens is 1. The molecule has 2 N–H and O–H groups in total. The van der Waals surface area contributed by atoms with E-state index < -0.39 is 5.82 Å². The predicted octanol–water partition coefficient (Wildman–Crippen LogP) is 9.50. The molecule has 0 radical (unpaired) electrons. The van der Waals surface area contributed by atoms with Crippen LogP contribution in [-0.4, -0.2) is 60.0 Å². The first-order valence-electron chi connectivity index (χ1n) is 19.2. The van der Waals surface area contributed by atoms with Crippen LogP contribution >= 0.6 is 0 Å². The van der Waals surface area contributed by atoms with Gasteiger partial charge in [-0.05, 0) is 93.0 Å². The molecule has 2 aromatic carbocycles. The molecule has 0 spiro atoms. The van der Waals surface area contributed by atoms with Crippen LogP contribution in [0.2, 0.25) is 0 Å². The second-order valence-corrected chi connectivity index (χ2v) is 13.6. The SMILES string of the molecule is C=C/C(=C\C=C/C)c1cccc(C(=O)NC2CCN(c3ccc(CN4CCC(NC(=O)c5cccc(/C(C=C)=C/C=C\C)c5F)CC4)cn3)CC2)c1.C=CC. The van der Waals surface area contributed by atoms with Crippen molar-refractivity contribution in [3.05, 3.63) is 169 Å². The van der Waals surface area contributed by atoms with Gasteiger partial charge < -0.3 is 15.5 Å². The second-order valence-electron chi connectivity index (χ2n) is 13.6. The summed E-state index contributed by atoms with van der Waals surface area (Å²) < 4.78 is 15.4. The van der Waals surface area contributed by atoms with Crippen molar-refractivity contribution in [2.45, 2.75) is 65.1 Å². The van der Waals surface area contributed by atoms with Crippen LogP contribution in [-0.2, 0) is 6.54 Å². The average Bonchev–Trinajstić information content (AvgIpc) is 3.20. The van der Waals surface area contributed by atoms with Gasteiger partial charge in [0.1, 0.15) is 11.6 Å². The maximum Gasteiger partial charge on any atom is 0.254 e. The Morgan fingerprint density at radius 1 is 0.764 bits per heavy atom. The molecule has 5 rings (SSSR count). The average molecular weight is 742 g/mol. The summed E-state index contributed by atoms with van der Waals surface area (Å²) in [5.74, 6) is -0.0341. The first-order chi connectivity index (χ1) is 26.7. The van der Waals surface area contributed by atoms with Gasteiger partial charge in [-0.2, -0.15) is 0 Å². The van der Waals surface area contributed by atoms with Gasteiger partial charge in [0.2, 0.25) is 0 Å². The number of hydrogen-bond acceptors (Lipinski definition) is 5. The number of allylic oxidation sites excluding steroid dienone is 11. The number of nitrogens with one attached hydrogen (secondary N) is 2. The molecule has 0 bridgehead atoms. The summed E-state index contributed by atoms with van der Waals surface area (Å²) in [6.45, 7) is 20.9. The molecule has 3 heterocycles. The molecule has 0 saturated carbocycles. The molecule has 8 heteroatoms. The van der Waals surface area contributed by atoms with E-state index in [4.69, 9.17) is 4.98 Å². The van der Waals surface area contributed by atoms with Crippen LogP contribution < -0.4 is 15.5 Å². The molecule has 2 amide bonds. The number of piperidine rings is 2. The van der Waals surface area contributed by atoms with Crippen molar-refractivity contribution in [1.29, 1.82) is 0 Å². The minimum atomic E-state index is -0.533. The third-order valence-electron chi connectivity index (χ3n) is 9.68. The number of benzene rings is 2. The molecule has 0 unspecified atom stereocenters. The van der Waals surface area contributed by atoms with Crippen molar-refractivity contribution < 1.29 is 14.0 Å². The summed E-state index contributed by atoms with van der Waals surface area (Å²) in [7, 11) is 0. The highest BCUT2D eigenvalue weighted by molar-refractivity contribution is 5.96. The van der Waals surface area contributed by atoms with Gasteiger partial charge in [-0.25, -0.2) is 9.37 Å². The molecule has 2 aliphatic rings. The van der Waals surface area contributed by atoms with Crippen molar-refractivity contribution in [3.8, 4) is 0 Å². The van der Waals surface area contributed by atoms with Gasteiger partial charge in [0, 0.05) is 62.1 Å². The first kappa shape index (κ1) is 42.1. The number of pyridine rings is 1. The summed E-state index contributed by atoms with van der Waals surface area (Å²) >= 11 is 0. The van der Waals surface area contributed by atoms with E-state index in [-0.39, 0.29) is 29.5 Å². The van der Waals surface area contributed by atoms with Gasteiger partial charge in [0.15, 0.2) is 0 Å². The van der Waals surface area contributed by atoms with E-state index >= 15 is 4.39 Å². The maximum absolute atomic E-state index is 15.4. The van der Waals surface area contributed by atoms with Gasteiger partial charge in [-0.1, -0.05) is 98.2 Å². The fraction of sp³-hybridized carbons (Fsp3) is 0.298. The van der Waals surface area contributed by atoms with Gasteiger partial charge in [-0.3, -0.25) is 14.5 Å². The van der Waals surface area contributed by atoms with Crippen molar-refractivity contribution in [2.75, 3.05) is 31.1 Å². The predicted molar refractivity (Wildman–Crippen MR) is 227 cm³/mol. The molecule has 1 aromatic heterocycles. The highest BCUT2D eigenvalue weighted by Crippen LogP contribution is 2.24. The van der Waals surface area contributed by atoms with E-state index in [0.29, 0.717) is 16.7 Å². The Morgan fingerprint density at radius 2 is 1.33 bits per heavy atom. The monoisotopic (exact) mass is 741 g/mol. The van der Waals surface area contributed by atoms with Gasteiger partial charge in [0.05, 0.1) is 5.56 Å². The lowest BCUT2D eigenvalue weighted by Crippen LogP contribution is -2.45. The van der Waals surface area contributed by atoms with Crippen molar-refractivity contribution in [3.63, 3.8) is 0 Å². The maximum atomic E-state index is 15.4. The van der Waals surface area contributed by atoms with E-state index in [1.807, 2.05) is 81.6 Å². The zero-order valence-electron chi connectivity index (χ0n) is 32.6. The Hall–Kier alpha value is -5.60. The summed E-state index contributed by atoms with van der Waals surface area (Å²) in [5.41, 5.74) is 4.75. The zero-order chi connectivity index (χ0) is 39.6. The van der Waals surface area contributed by atoms with Crippen LogP contribution in [0.5, 0.6) is 0 Å². The molecular formula is C47H56FN5O2. The largest absolute Gasteiger partial charge is 0.356 e. The summed E-state index contributed by atoms with van der Waals surface area (Å²) in [4.78, 5) is 35.6. The highest BCUT2D eigenvalue weighted by atomic mass is 19.1. The van der Waals surface area contributed by atoms with Gasteiger partial charge in [0.25, 0.3) is 11.8 Å². The lowest BCUT2D eigenvalue weighted by atomic mass is 10.00. The topological polar surface area (TPSA) is 77.6 Å². The molecule has 7 nitrogen and oxygen atoms in total. The van der Waals surface area contributed by atoms with Gasteiger partial charge >= 0.3 is 0 Å². The summed E-state index contributed by atoms with van der Waals surface area (Å²) in [6, 6.07) is 16.9. The van der Waals surface area contributed by atoms with E-state index in [1.165, 1.54) is 6.07 Å². The van der Waals surface area contributed by atoms with Crippen LogP contribution in [0.3, 0.4) is 0 Å². The molecule has 0 aliphatic carbocycles. The smallest absolute Gasteiger partial charge is 0.254 e. The van der Waals surface area contributed by atoms with Crippen LogP contribution in [0, 0.1) is 5.82 Å². The first-order valence-corrected chi connectivity index (χ1v) is 19.2. The van der Waals surface area contributed by atoms with E-state index in [1.54, 1.807) is 36.4 Å². The Bertz CT molecular complexity index is 1890. The molecule has 3 aromatic rings. The van der Waals surface area contributed by atoms with Crippen molar-refractivity contribution >= 4 is 28.8 Å². The Morgan fingerprint density at radius 3 is 1.93 bits per heavy atom. The van der Waals surface area contributed by atoms with Crippen LogP contribution in [0.4, 0.5) is 10.2 Å². The van der Waals surface area contributed by atoms with Crippen LogP contribution in [0.15, 0.2) is 135 Å². The fourth-order valence-electron chi connectivity index (χ4n) is 6.70. The van der Waals surface area contributed by atoms with Gasteiger partial charge in [-0.15, -0.1) is 6.58 Å².